The number of ether oxygens (including phenoxy) is 2. The number of methoxy groups -OCH3 is 2. The number of unbranched alkanes of at least 4 members (excludes halogenated alkanes) is 1. The van der Waals surface area contributed by atoms with Gasteiger partial charge in [0.2, 0.25) is 0 Å². The molecule has 30 heavy (non-hydrogen) atoms. The van der Waals surface area contributed by atoms with Crippen LogP contribution in [-0.2, 0) is 19.4 Å². The van der Waals surface area contributed by atoms with Crippen molar-refractivity contribution in [2.24, 2.45) is 4.99 Å². The number of benzene rings is 1. The fraction of sp³-hybridized carbons (Fsp3) is 0.571. The lowest BCUT2D eigenvalue weighted by atomic mass is 10.1. The number of aliphatic imine (C=N–C) groups is 1. The van der Waals surface area contributed by atoms with Gasteiger partial charge in [0.15, 0.2) is 17.5 Å². The third-order valence-electron chi connectivity index (χ3n) is 4.59. The van der Waals surface area contributed by atoms with E-state index in [9.17, 15) is 0 Å². The number of rotatable bonds is 12. The summed E-state index contributed by atoms with van der Waals surface area (Å²) in [6.07, 6.45) is 5.72. The minimum atomic E-state index is 0. The molecule has 1 aromatic heterocycles. The molecule has 0 radical (unpaired) electrons. The van der Waals surface area contributed by atoms with Crippen molar-refractivity contribution in [3.63, 3.8) is 0 Å². The average Bonchev–Trinajstić information content (AvgIpc) is 3.21. The maximum Gasteiger partial charge on any atom is 0.191 e. The molecule has 2 rings (SSSR count). The Morgan fingerprint density at radius 2 is 1.87 bits per heavy atom. The molecular weight excluding hydrogens is 495 g/mol. The van der Waals surface area contributed by atoms with Crippen LogP contribution in [0.1, 0.15) is 38.1 Å². The lowest BCUT2D eigenvalue weighted by Crippen LogP contribution is -2.40. The Balaban J connectivity index is 0.00000450. The van der Waals surface area contributed by atoms with E-state index in [1.54, 1.807) is 20.5 Å². The second-order valence-corrected chi connectivity index (χ2v) is 6.67. The molecule has 0 atom stereocenters. The normalized spacial score (nSPS) is 11.0. The van der Waals surface area contributed by atoms with Gasteiger partial charge in [-0.05, 0) is 30.5 Å². The van der Waals surface area contributed by atoms with Gasteiger partial charge in [0, 0.05) is 32.6 Å². The van der Waals surface area contributed by atoms with Crippen molar-refractivity contribution in [3.05, 3.63) is 35.9 Å². The van der Waals surface area contributed by atoms with E-state index in [0.29, 0.717) is 0 Å². The van der Waals surface area contributed by atoms with Gasteiger partial charge in [-0.25, -0.2) is 0 Å². The number of nitrogens with zero attached hydrogens (tertiary/aromatic N) is 4. The molecule has 0 unspecified atom stereocenters. The first kappa shape index (κ1) is 26.0. The Bertz CT molecular complexity index is 766. The highest BCUT2D eigenvalue weighted by atomic mass is 127. The predicted molar refractivity (Wildman–Crippen MR) is 131 cm³/mol. The summed E-state index contributed by atoms with van der Waals surface area (Å²) in [6.45, 7) is 7.42. The SMILES string of the molecule is CCCCN=C(NCCc1ccc(OC)c(OC)c1)NCCn1cnnc1CC.I. The summed E-state index contributed by atoms with van der Waals surface area (Å²) in [6, 6.07) is 6.01. The van der Waals surface area contributed by atoms with E-state index >= 15 is 0 Å². The number of hydrogen-bond acceptors (Lipinski definition) is 5. The molecule has 168 valence electrons. The van der Waals surface area contributed by atoms with Crippen LogP contribution >= 0.6 is 24.0 Å². The average molecular weight is 530 g/mol. The number of aromatic nitrogens is 3. The van der Waals surface area contributed by atoms with Crippen LogP contribution < -0.4 is 20.1 Å². The van der Waals surface area contributed by atoms with Crippen molar-refractivity contribution in [3.8, 4) is 11.5 Å². The lowest BCUT2D eigenvalue weighted by Gasteiger charge is -2.14. The quantitative estimate of drug-likeness (QED) is 0.190. The summed E-state index contributed by atoms with van der Waals surface area (Å²) in [5, 5.41) is 14.9. The second-order valence-electron chi connectivity index (χ2n) is 6.67. The van der Waals surface area contributed by atoms with Crippen LogP contribution in [-0.4, -0.2) is 54.6 Å². The molecule has 0 aliphatic carbocycles. The summed E-state index contributed by atoms with van der Waals surface area (Å²) in [7, 11) is 3.30. The minimum absolute atomic E-state index is 0. The number of hydrogen-bond donors (Lipinski definition) is 2. The van der Waals surface area contributed by atoms with E-state index in [2.05, 4.69) is 50.3 Å². The van der Waals surface area contributed by atoms with Gasteiger partial charge < -0.3 is 24.7 Å². The van der Waals surface area contributed by atoms with Gasteiger partial charge in [0.25, 0.3) is 0 Å². The molecule has 0 amide bonds. The van der Waals surface area contributed by atoms with Crippen molar-refractivity contribution < 1.29 is 9.47 Å². The first-order valence-corrected chi connectivity index (χ1v) is 10.3. The summed E-state index contributed by atoms with van der Waals surface area (Å²) < 4.78 is 12.8. The zero-order chi connectivity index (χ0) is 20.9. The van der Waals surface area contributed by atoms with Gasteiger partial charge in [-0.15, -0.1) is 34.2 Å². The molecular formula is C21H35IN6O2. The zero-order valence-electron chi connectivity index (χ0n) is 18.5. The van der Waals surface area contributed by atoms with Crippen molar-refractivity contribution >= 4 is 29.9 Å². The highest BCUT2D eigenvalue weighted by Gasteiger charge is 2.06. The number of halogens is 1. The minimum Gasteiger partial charge on any atom is -0.493 e. The van der Waals surface area contributed by atoms with Crippen LogP contribution in [0.5, 0.6) is 11.5 Å². The van der Waals surface area contributed by atoms with Gasteiger partial charge in [0.05, 0.1) is 14.2 Å². The smallest absolute Gasteiger partial charge is 0.191 e. The molecule has 8 nitrogen and oxygen atoms in total. The van der Waals surface area contributed by atoms with Gasteiger partial charge in [0.1, 0.15) is 12.2 Å². The highest BCUT2D eigenvalue weighted by molar-refractivity contribution is 14.0. The van der Waals surface area contributed by atoms with Crippen LogP contribution in [0.4, 0.5) is 0 Å². The number of guanidine groups is 1. The molecule has 0 bridgehead atoms. The van der Waals surface area contributed by atoms with E-state index in [-0.39, 0.29) is 24.0 Å². The maximum atomic E-state index is 5.38. The van der Waals surface area contributed by atoms with E-state index in [1.165, 1.54) is 5.56 Å². The molecule has 2 N–H and O–H groups in total. The lowest BCUT2D eigenvalue weighted by molar-refractivity contribution is 0.354. The van der Waals surface area contributed by atoms with E-state index < -0.39 is 0 Å². The van der Waals surface area contributed by atoms with Crippen LogP contribution in [0, 0.1) is 0 Å². The van der Waals surface area contributed by atoms with Gasteiger partial charge in [-0.2, -0.15) is 0 Å². The molecule has 1 heterocycles. The van der Waals surface area contributed by atoms with Crippen molar-refractivity contribution in [2.45, 2.75) is 46.1 Å². The Labute approximate surface area is 196 Å². The van der Waals surface area contributed by atoms with E-state index in [4.69, 9.17) is 9.47 Å². The summed E-state index contributed by atoms with van der Waals surface area (Å²) in [4.78, 5) is 4.68. The Hall–Kier alpha value is -2.04. The standard InChI is InChI=1S/C21H34N6O2.HI/c1-5-7-11-22-21(24-13-14-27-16-25-26-20(27)6-2)23-12-10-17-8-9-18(28-3)19(15-17)29-4;/h8-9,15-16H,5-7,10-14H2,1-4H3,(H2,22,23,24);1H. The molecule has 0 saturated heterocycles. The number of aryl methyl sites for hydroxylation is 1. The summed E-state index contributed by atoms with van der Waals surface area (Å²) in [5.41, 5.74) is 1.18. The van der Waals surface area contributed by atoms with E-state index in [1.807, 2.05) is 12.1 Å². The fourth-order valence-electron chi connectivity index (χ4n) is 2.92. The number of nitrogens with one attached hydrogen (secondary N) is 2. The molecule has 1 aromatic carbocycles. The van der Waals surface area contributed by atoms with Crippen molar-refractivity contribution in [2.75, 3.05) is 33.9 Å². The Kier molecular flexibility index (Phi) is 12.9. The predicted octanol–water partition coefficient (Wildman–Crippen LogP) is 3.05. The highest BCUT2D eigenvalue weighted by Crippen LogP contribution is 2.27. The summed E-state index contributed by atoms with van der Waals surface area (Å²) in [5.74, 6) is 3.33. The molecule has 0 spiro atoms. The van der Waals surface area contributed by atoms with Crippen LogP contribution in [0.3, 0.4) is 0 Å². The fourth-order valence-corrected chi connectivity index (χ4v) is 2.92. The van der Waals surface area contributed by atoms with Crippen molar-refractivity contribution in [1.29, 1.82) is 0 Å². The second kappa shape index (κ2) is 14.9. The van der Waals surface area contributed by atoms with Gasteiger partial charge in [-0.1, -0.05) is 26.3 Å². The van der Waals surface area contributed by atoms with E-state index in [0.717, 1.165) is 75.1 Å². The first-order valence-electron chi connectivity index (χ1n) is 10.3. The summed E-state index contributed by atoms with van der Waals surface area (Å²) >= 11 is 0. The van der Waals surface area contributed by atoms with Gasteiger partial charge >= 0.3 is 0 Å². The van der Waals surface area contributed by atoms with Crippen LogP contribution in [0.25, 0.3) is 0 Å². The zero-order valence-corrected chi connectivity index (χ0v) is 20.8. The molecule has 9 heteroatoms. The molecule has 0 aliphatic heterocycles. The Morgan fingerprint density at radius 3 is 2.57 bits per heavy atom. The monoisotopic (exact) mass is 530 g/mol. The largest absolute Gasteiger partial charge is 0.493 e. The van der Waals surface area contributed by atoms with Gasteiger partial charge in [-0.3, -0.25) is 4.99 Å². The first-order chi connectivity index (χ1) is 14.2. The van der Waals surface area contributed by atoms with Crippen molar-refractivity contribution in [1.82, 2.24) is 25.4 Å². The van der Waals surface area contributed by atoms with Crippen LogP contribution in [0.15, 0.2) is 29.5 Å². The molecule has 2 aromatic rings. The third-order valence-corrected chi connectivity index (χ3v) is 4.59. The maximum absolute atomic E-state index is 5.38. The molecule has 0 saturated carbocycles. The molecule has 0 fully saturated rings. The Morgan fingerprint density at radius 1 is 1.10 bits per heavy atom. The topological polar surface area (TPSA) is 85.6 Å². The third kappa shape index (κ3) is 8.37. The molecule has 0 aliphatic rings. The van der Waals surface area contributed by atoms with Crippen LogP contribution in [0.2, 0.25) is 0 Å².